The zero-order valence-corrected chi connectivity index (χ0v) is 9.04. The standard InChI is InChI=1S/C14H13N/c1-10-3-6-14-12(9-10)5-4-11(2)13(14)7-8-15/h3-6,9H,7H2,1-2H3. The highest BCUT2D eigenvalue weighted by Gasteiger charge is 2.03. The number of nitriles is 1. The fourth-order valence-corrected chi connectivity index (χ4v) is 1.94. The smallest absolute Gasteiger partial charge is 0.0670 e. The molecule has 2 aromatic rings. The van der Waals surface area contributed by atoms with E-state index in [9.17, 15) is 0 Å². The van der Waals surface area contributed by atoms with Crippen LogP contribution in [0.4, 0.5) is 0 Å². The lowest BCUT2D eigenvalue weighted by atomic mass is 9.97. The maximum atomic E-state index is 8.81. The van der Waals surface area contributed by atoms with Gasteiger partial charge in [-0.2, -0.15) is 5.26 Å². The van der Waals surface area contributed by atoms with Crippen LogP contribution in [0, 0.1) is 25.2 Å². The molecule has 0 aliphatic heterocycles. The van der Waals surface area contributed by atoms with Crippen molar-refractivity contribution in [2.45, 2.75) is 20.3 Å². The molecule has 1 heteroatoms. The Morgan fingerprint density at radius 1 is 1.13 bits per heavy atom. The summed E-state index contributed by atoms with van der Waals surface area (Å²) in [6, 6.07) is 12.8. The van der Waals surface area contributed by atoms with Gasteiger partial charge in [0, 0.05) is 0 Å². The van der Waals surface area contributed by atoms with E-state index in [1.54, 1.807) is 0 Å². The quantitative estimate of drug-likeness (QED) is 0.683. The number of benzene rings is 2. The van der Waals surface area contributed by atoms with E-state index in [1.807, 2.05) is 0 Å². The van der Waals surface area contributed by atoms with Crippen molar-refractivity contribution in [1.29, 1.82) is 5.26 Å². The zero-order chi connectivity index (χ0) is 10.8. The first-order chi connectivity index (χ1) is 7.22. The molecule has 0 fully saturated rings. The molecule has 0 saturated carbocycles. The second-order valence-electron chi connectivity index (χ2n) is 3.92. The van der Waals surface area contributed by atoms with Gasteiger partial charge in [-0.1, -0.05) is 35.9 Å². The summed E-state index contributed by atoms with van der Waals surface area (Å²) < 4.78 is 0. The minimum absolute atomic E-state index is 0.492. The topological polar surface area (TPSA) is 23.8 Å². The SMILES string of the molecule is Cc1ccc2c(CC#N)c(C)ccc2c1. The summed E-state index contributed by atoms with van der Waals surface area (Å²) in [7, 11) is 0. The molecular weight excluding hydrogens is 182 g/mol. The summed E-state index contributed by atoms with van der Waals surface area (Å²) in [5.74, 6) is 0. The van der Waals surface area contributed by atoms with Crippen molar-refractivity contribution in [2.75, 3.05) is 0 Å². The number of aryl methyl sites for hydroxylation is 2. The first kappa shape index (κ1) is 9.73. The summed E-state index contributed by atoms with van der Waals surface area (Å²) in [5, 5.41) is 11.2. The third-order valence-corrected chi connectivity index (χ3v) is 2.78. The van der Waals surface area contributed by atoms with Crippen LogP contribution in [-0.4, -0.2) is 0 Å². The number of fused-ring (bicyclic) bond motifs is 1. The van der Waals surface area contributed by atoms with Crippen molar-refractivity contribution in [2.24, 2.45) is 0 Å². The van der Waals surface area contributed by atoms with Crippen LogP contribution in [0.5, 0.6) is 0 Å². The molecule has 0 aliphatic carbocycles. The highest BCUT2D eigenvalue weighted by atomic mass is 14.2. The van der Waals surface area contributed by atoms with Gasteiger partial charge in [0.15, 0.2) is 0 Å². The predicted octanol–water partition coefficient (Wildman–Crippen LogP) is 3.52. The van der Waals surface area contributed by atoms with Crippen molar-refractivity contribution >= 4 is 10.8 Å². The Morgan fingerprint density at radius 3 is 2.67 bits per heavy atom. The van der Waals surface area contributed by atoms with E-state index in [0.717, 1.165) is 5.56 Å². The van der Waals surface area contributed by atoms with Crippen LogP contribution in [0.25, 0.3) is 10.8 Å². The molecule has 0 bridgehead atoms. The summed E-state index contributed by atoms with van der Waals surface area (Å²) in [6.07, 6.45) is 0.492. The van der Waals surface area contributed by atoms with Crippen LogP contribution in [0.15, 0.2) is 30.3 Å². The molecule has 0 unspecified atom stereocenters. The maximum Gasteiger partial charge on any atom is 0.0670 e. The summed E-state index contributed by atoms with van der Waals surface area (Å²) in [5.41, 5.74) is 3.62. The molecule has 74 valence electrons. The molecule has 2 aromatic carbocycles. The fraction of sp³-hybridized carbons (Fsp3) is 0.214. The second kappa shape index (κ2) is 3.74. The van der Waals surface area contributed by atoms with Crippen LogP contribution in [0.1, 0.15) is 16.7 Å². The summed E-state index contributed by atoms with van der Waals surface area (Å²) >= 11 is 0. The van der Waals surface area contributed by atoms with E-state index in [4.69, 9.17) is 5.26 Å². The molecule has 0 aliphatic rings. The van der Waals surface area contributed by atoms with E-state index in [-0.39, 0.29) is 0 Å². The van der Waals surface area contributed by atoms with Crippen molar-refractivity contribution in [3.63, 3.8) is 0 Å². The highest BCUT2D eigenvalue weighted by Crippen LogP contribution is 2.23. The minimum atomic E-state index is 0.492. The molecule has 0 amide bonds. The van der Waals surface area contributed by atoms with E-state index < -0.39 is 0 Å². The molecule has 0 aromatic heterocycles. The Balaban J connectivity index is 2.77. The van der Waals surface area contributed by atoms with Crippen LogP contribution in [0.2, 0.25) is 0 Å². The Kier molecular flexibility index (Phi) is 2.43. The van der Waals surface area contributed by atoms with Gasteiger partial charge in [0.2, 0.25) is 0 Å². The highest BCUT2D eigenvalue weighted by molar-refractivity contribution is 5.87. The summed E-state index contributed by atoms with van der Waals surface area (Å²) in [4.78, 5) is 0. The molecule has 0 heterocycles. The molecule has 0 spiro atoms. The van der Waals surface area contributed by atoms with Gasteiger partial charge < -0.3 is 0 Å². The lowest BCUT2D eigenvalue weighted by Gasteiger charge is -2.07. The number of rotatable bonds is 1. The van der Waals surface area contributed by atoms with Crippen molar-refractivity contribution in [1.82, 2.24) is 0 Å². The Morgan fingerprint density at radius 2 is 1.93 bits per heavy atom. The van der Waals surface area contributed by atoms with Gasteiger partial charge in [0.05, 0.1) is 12.5 Å². The monoisotopic (exact) mass is 195 g/mol. The molecule has 1 nitrogen and oxygen atoms in total. The van der Waals surface area contributed by atoms with Crippen LogP contribution >= 0.6 is 0 Å². The second-order valence-corrected chi connectivity index (χ2v) is 3.92. The fourth-order valence-electron chi connectivity index (χ4n) is 1.94. The van der Waals surface area contributed by atoms with E-state index >= 15 is 0 Å². The average Bonchev–Trinajstić information content (AvgIpc) is 2.22. The van der Waals surface area contributed by atoms with Crippen LogP contribution < -0.4 is 0 Å². The molecule has 0 saturated heterocycles. The number of nitrogens with zero attached hydrogens (tertiary/aromatic N) is 1. The van der Waals surface area contributed by atoms with Gasteiger partial charge in [-0.25, -0.2) is 0 Å². The van der Waals surface area contributed by atoms with Gasteiger partial charge >= 0.3 is 0 Å². The Bertz CT molecular complexity index is 547. The lowest BCUT2D eigenvalue weighted by Crippen LogP contribution is -1.90. The van der Waals surface area contributed by atoms with Gasteiger partial charge in [0.25, 0.3) is 0 Å². The van der Waals surface area contributed by atoms with Gasteiger partial charge in [0.1, 0.15) is 0 Å². The summed E-state index contributed by atoms with van der Waals surface area (Å²) in [6.45, 7) is 4.15. The normalized spacial score (nSPS) is 10.2. The lowest BCUT2D eigenvalue weighted by molar-refractivity contribution is 1.24. The Hall–Kier alpha value is -1.81. The molecule has 0 N–H and O–H groups in total. The first-order valence-electron chi connectivity index (χ1n) is 5.08. The number of hydrogen-bond donors (Lipinski definition) is 0. The van der Waals surface area contributed by atoms with E-state index in [1.165, 1.54) is 21.9 Å². The predicted molar refractivity (Wildman–Crippen MR) is 62.7 cm³/mol. The van der Waals surface area contributed by atoms with Gasteiger partial charge in [-0.15, -0.1) is 0 Å². The third kappa shape index (κ3) is 1.71. The maximum absolute atomic E-state index is 8.81. The van der Waals surface area contributed by atoms with Crippen molar-refractivity contribution in [3.05, 3.63) is 47.0 Å². The largest absolute Gasteiger partial charge is 0.198 e. The first-order valence-corrected chi connectivity index (χ1v) is 5.08. The van der Waals surface area contributed by atoms with Crippen molar-refractivity contribution < 1.29 is 0 Å². The third-order valence-electron chi connectivity index (χ3n) is 2.78. The van der Waals surface area contributed by atoms with Crippen molar-refractivity contribution in [3.8, 4) is 6.07 Å². The molecule has 15 heavy (non-hydrogen) atoms. The minimum Gasteiger partial charge on any atom is -0.198 e. The number of hydrogen-bond acceptors (Lipinski definition) is 1. The van der Waals surface area contributed by atoms with Gasteiger partial charge in [-0.3, -0.25) is 0 Å². The molecular formula is C14H13N. The van der Waals surface area contributed by atoms with Gasteiger partial charge in [-0.05, 0) is 35.7 Å². The average molecular weight is 195 g/mol. The molecule has 0 radical (unpaired) electrons. The van der Waals surface area contributed by atoms with E-state index in [2.05, 4.69) is 50.2 Å². The Labute approximate surface area is 90.0 Å². The van der Waals surface area contributed by atoms with Crippen LogP contribution in [-0.2, 0) is 6.42 Å². The van der Waals surface area contributed by atoms with Crippen LogP contribution in [0.3, 0.4) is 0 Å². The molecule has 0 atom stereocenters. The van der Waals surface area contributed by atoms with E-state index in [0.29, 0.717) is 6.42 Å². The zero-order valence-electron chi connectivity index (χ0n) is 9.04. The molecule has 2 rings (SSSR count).